The van der Waals surface area contributed by atoms with Crippen molar-refractivity contribution in [2.75, 3.05) is 17.3 Å². The van der Waals surface area contributed by atoms with Gasteiger partial charge < -0.3 is 5.32 Å². The normalized spacial score (nSPS) is 10.4. The number of thioether (sulfide) groups is 2. The first-order valence-corrected chi connectivity index (χ1v) is 8.49. The summed E-state index contributed by atoms with van der Waals surface area (Å²) in [6.45, 7) is 0. The SMILES string of the molecule is CSc1nnc(SCC(=O)Nc2ccc(Cl)cn2)s1. The predicted octanol–water partition coefficient (Wildman–Crippen LogP) is 3.04. The number of carbonyl (C=O) groups is 1. The number of nitrogens with one attached hydrogen (secondary N) is 1. The number of aromatic nitrogens is 3. The Morgan fingerprint density at radius 1 is 1.42 bits per heavy atom. The average molecular weight is 333 g/mol. The Bertz CT molecular complexity index is 560. The van der Waals surface area contributed by atoms with Gasteiger partial charge in [0, 0.05) is 6.20 Å². The molecule has 0 bridgehead atoms. The Kier molecular flexibility index (Phi) is 5.44. The molecule has 2 rings (SSSR count). The number of carbonyl (C=O) groups excluding carboxylic acids is 1. The highest BCUT2D eigenvalue weighted by Gasteiger charge is 2.08. The van der Waals surface area contributed by atoms with Crippen LogP contribution in [0.5, 0.6) is 0 Å². The summed E-state index contributed by atoms with van der Waals surface area (Å²) in [6, 6.07) is 3.33. The van der Waals surface area contributed by atoms with E-state index in [0.29, 0.717) is 10.8 Å². The van der Waals surface area contributed by atoms with Crippen molar-refractivity contribution in [3.8, 4) is 0 Å². The van der Waals surface area contributed by atoms with E-state index >= 15 is 0 Å². The first-order valence-electron chi connectivity index (χ1n) is 5.09. The molecule has 5 nitrogen and oxygen atoms in total. The maximum Gasteiger partial charge on any atom is 0.235 e. The van der Waals surface area contributed by atoms with E-state index in [2.05, 4.69) is 20.5 Å². The molecule has 2 aromatic heterocycles. The van der Waals surface area contributed by atoms with Gasteiger partial charge in [-0.25, -0.2) is 4.98 Å². The lowest BCUT2D eigenvalue weighted by molar-refractivity contribution is -0.113. The zero-order valence-corrected chi connectivity index (χ0v) is 13.0. The largest absolute Gasteiger partial charge is 0.310 e. The van der Waals surface area contributed by atoms with Gasteiger partial charge in [-0.2, -0.15) is 0 Å². The Hall–Kier alpha value is -0.830. The highest BCUT2D eigenvalue weighted by Crippen LogP contribution is 2.27. The second-order valence-electron chi connectivity index (χ2n) is 3.24. The maximum atomic E-state index is 11.7. The van der Waals surface area contributed by atoms with Crippen molar-refractivity contribution in [3.05, 3.63) is 23.4 Å². The highest BCUT2D eigenvalue weighted by atomic mass is 35.5. The highest BCUT2D eigenvalue weighted by molar-refractivity contribution is 8.03. The third kappa shape index (κ3) is 4.64. The van der Waals surface area contributed by atoms with Crippen molar-refractivity contribution in [1.82, 2.24) is 15.2 Å². The standard InChI is InChI=1S/C10H9ClN4OS3/c1-17-9-14-15-10(19-9)18-5-8(16)13-7-3-2-6(11)4-12-7/h2-4H,5H2,1H3,(H,12,13,16). The third-order valence-corrected chi connectivity index (χ3v) is 5.14. The molecule has 0 saturated carbocycles. The Labute approximate surface area is 127 Å². The number of halogens is 1. The van der Waals surface area contributed by atoms with Gasteiger partial charge >= 0.3 is 0 Å². The fourth-order valence-electron chi connectivity index (χ4n) is 1.09. The molecule has 0 unspecified atom stereocenters. The average Bonchev–Trinajstić information content (AvgIpc) is 2.87. The number of amides is 1. The van der Waals surface area contributed by atoms with Crippen LogP contribution >= 0.6 is 46.5 Å². The van der Waals surface area contributed by atoms with Crippen molar-refractivity contribution in [1.29, 1.82) is 0 Å². The fourth-order valence-corrected chi connectivity index (χ4v) is 3.44. The lowest BCUT2D eigenvalue weighted by Crippen LogP contribution is -2.14. The molecule has 0 aromatic carbocycles. The van der Waals surface area contributed by atoms with Crippen LogP contribution in [0.2, 0.25) is 5.02 Å². The van der Waals surface area contributed by atoms with Crippen LogP contribution in [0, 0.1) is 0 Å². The summed E-state index contributed by atoms with van der Waals surface area (Å²) >= 11 is 10.1. The van der Waals surface area contributed by atoms with Gasteiger partial charge in [0.2, 0.25) is 5.91 Å². The molecule has 1 N–H and O–H groups in total. The van der Waals surface area contributed by atoms with E-state index < -0.39 is 0 Å². The molecule has 19 heavy (non-hydrogen) atoms. The molecule has 0 aliphatic carbocycles. The molecule has 0 atom stereocenters. The molecule has 0 radical (unpaired) electrons. The molecule has 1 amide bonds. The first kappa shape index (κ1) is 14.6. The summed E-state index contributed by atoms with van der Waals surface area (Å²) in [7, 11) is 0. The van der Waals surface area contributed by atoms with Crippen molar-refractivity contribution in [2.24, 2.45) is 0 Å². The Balaban J connectivity index is 1.82. The second-order valence-corrected chi connectivity index (χ2v) is 6.93. The fraction of sp³-hybridized carbons (Fsp3) is 0.200. The third-order valence-electron chi connectivity index (χ3n) is 1.88. The molecule has 9 heteroatoms. The summed E-state index contributed by atoms with van der Waals surface area (Å²) < 4.78 is 1.67. The van der Waals surface area contributed by atoms with E-state index in [-0.39, 0.29) is 11.7 Å². The molecule has 0 fully saturated rings. The summed E-state index contributed by atoms with van der Waals surface area (Å²) in [6.07, 6.45) is 3.42. The van der Waals surface area contributed by atoms with Gasteiger partial charge in [-0.3, -0.25) is 4.79 Å². The molecule has 2 heterocycles. The van der Waals surface area contributed by atoms with E-state index in [1.165, 1.54) is 41.1 Å². The molecule has 100 valence electrons. The Morgan fingerprint density at radius 3 is 2.84 bits per heavy atom. The van der Waals surface area contributed by atoms with Crippen LogP contribution in [-0.4, -0.2) is 33.1 Å². The van der Waals surface area contributed by atoms with Crippen LogP contribution in [0.4, 0.5) is 5.82 Å². The minimum Gasteiger partial charge on any atom is -0.310 e. The van der Waals surface area contributed by atoms with Crippen molar-refractivity contribution in [3.63, 3.8) is 0 Å². The minimum atomic E-state index is -0.138. The van der Waals surface area contributed by atoms with Crippen molar-refractivity contribution >= 4 is 58.2 Å². The van der Waals surface area contributed by atoms with Gasteiger partial charge in [0.15, 0.2) is 8.68 Å². The number of nitrogens with zero attached hydrogens (tertiary/aromatic N) is 3. The van der Waals surface area contributed by atoms with E-state index in [4.69, 9.17) is 11.6 Å². The first-order chi connectivity index (χ1) is 9.17. The van der Waals surface area contributed by atoms with Gasteiger partial charge in [-0.1, -0.05) is 46.5 Å². The lowest BCUT2D eigenvalue weighted by Gasteiger charge is -2.02. The van der Waals surface area contributed by atoms with Crippen molar-refractivity contribution < 1.29 is 4.79 Å². The van der Waals surface area contributed by atoms with Crippen LogP contribution in [0.3, 0.4) is 0 Å². The van der Waals surface area contributed by atoms with Crippen LogP contribution in [-0.2, 0) is 4.79 Å². The number of pyridine rings is 1. The van der Waals surface area contributed by atoms with Gasteiger partial charge in [0.05, 0.1) is 10.8 Å². The van der Waals surface area contributed by atoms with Crippen LogP contribution < -0.4 is 5.32 Å². The minimum absolute atomic E-state index is 0.138. The lowest BCUT2D eigenvalue weighted by atomic mass is 10.4. The van der Waals surface area contributed by atoms with Gasteiger partial charge in [-0.15, -0.1) is 10.2 Å². The maximum absolute atomic E-state index is 11.7. The van der Waals surface area contributed by atoms with E-state index in [9.17, 15) is 4.79 Å². The zero-order chi connectivity index (χ0) is 13.7. The molecule has 0 aliphatic rings. The summed E-state index contributed by atoms with van der Waals surface area (Å²) in [4.78, 5) is 15.7. The van der Waals surface area contributed by atoms with E-state index in [1.807, 2.05) is 6.26 Å². The van der Waals surface area contributed by atoms with Gasteiger partial charge in [0.25, 0.3) is 0 Å². The molecule has 0 spiro atoms. The van der Waals surface area contributed by atoms with Gasteiger partial charge in [0.1, 0.15) is 5.82 Å². The molecular formula is C10H9ClN4OS3. The second kappa shape index (κ2) is 7.09. The van der Waals surface area contributed by atoms with Gasteiger partial charge in [-0.05, 0) is 18.4 Å². The topological polar surface area (TPSA) is 67.8 Å². The predicted molar refractivity (Wildman–Crippen MR) is 80.3 cm³/mol. The van der Waals surface area contributed by atoms with Crippen LogP contribution in [0.15, 0.2) is 27.0 Å². The summed E-state index contributed by atoms with van der Waals surface area (Å²) in [5.41, 5.74) is 0. The summed E-state index contributed by atoms with van der Waals surface area (Å²) in [5, 5.41) is 11.1. The number of rotatable bonds is 5. The molecule has 0 aliphatic heterocycles. The zero-order valence-electron chi connectivity index (χ0n) is 9.79. The molecule has 0 saturated heterocycles. The van der Waals surface area contributed by atoms with E-state index in [1.54, 1.807) is 12.1 Å². The van der Waals surface area contributed by atoms with E-state index in [0.717, 1.165) is 8.68 Å². The quantitative estimate of drug-likeness (QED) is 0.849. The molecular weight excluding hydrogens is 324 g/mol. The number of hydrogen-bond acceptors (Lipinski definition) is 7. The number of anilines is 1. The Morgan fingerprint density at radius 2 is 2.21 bits per heavy atom. The van der Waals surface area contributed by atoms with Crippen LogP contribution in [0.25, 0.3) is 0 Å². The van der Waals surface area contributed by atoms with Crippen molar-refractivity contribution in [2.45, 2.75) is 8.68 Å². The molecule has 2 aromatic rings. The smallest absolute Gasteiger partial charge is 0.235 e. The number of hydrogen-bond donors (Lipinski definition) is 1. The van der Waals surface area contributed by atoms with Crippen LogP contribution in [0.1, 0.15) is 0 Å². The monoisotopic (exact) mass is 332 g/mol. The summed E-state index contributed by atoms with van der Waals surface area (Å²) in [5.74, 6) is 0.616.